The molecule has 5 nitrogen and oxygen atoms in total. The molecule has 1 saturated carbocycles. The normalized spacial score (nSPS) is 19.2. The smallest absolute Gasteiger partial charge is 0.550 e. The molecular formula is C20H21ClNNaO4S. The van der Waals surface area contributed by atoms with Gasteiger partial charge in [-0.15, -0.1) is 0 Å². The van der Waals surface area contributed by atoms with Crippen LogP contribution in [0.15, 0.2) is 53.4 Å². The van der Waals surface area contributed by atoms with E-state index in [4.69, 9.17) is 11.6 Å². The third-order valence-electron chi connectivity index (χ3n) is 4.96. The number of sulfonamides is 1. The summed E-state index contributed by atoms with van der Waals surface area (Å²) >= 11 is 5.83. The number of hydrogen-bond donors (Lipinski definition) is 1. The molecule has 2 aromatic rings. The fourth-order valence-electron chi connectivity index (χ4n) is 3.58. The van der Waals surface area contributed by atoms with Crippen molar-refractivity contribution < 1.29 is 47.9 Å². The van der Waals surface area contributed by atoms with Crippen LogP contribution >= 0.6 is 11.6 Å². The van der Waals surface area contributed by atoms with E-state index in [2.05, 4.69) is 4.72 Å². The molecular weight excluding hydrogens is 409 g/mol. The van der Waals surface area contributed by atoms with Gasteiger partial charge in [0, 0.05) is 23.5 Å². The maximum Gasteiger partial charge on any atom is 1.00 e. The van der Waals surface area contributed by atoms with E-state index in [1.807, 2.05) is 12.1 Å². The van der Waals surface area contributed by atoms with Crippen molar-refractivity contribution in [3.63, 3.8) is 0 Å². The first-order chi connectivity index (χ1) is 12.8. The van der Waals surface area contributed by atoms with Gasteiger partial charge in [-0.3, -0.25) is 0 Å². The van der Waals surface area contributed by atoms with Crippen LogP contribution in [-0.2, 0) is 27.7 Å². The largest absolute Gasteiger partial charge is 1.00 e. The maximum absolute atomic E-state index is 12.6. The van der Waals surface area contributed by atoms with Crippen LogP contribution in [0.5, 0.6) is 0 Å². The van der Waals surface area contributed by atoms with Gasteiger partial charge in [-0.05, 0) is 60.6 Å². The van der Waals surface area contributed by atoms with Gasteiger partial charge in [-0.25, -0.2) is 13.1 Å². The van der Waals surface area contributed by atoms with Crippen molar-refractivity contribution in [2.75, 3.05) is 0 Å². The van der Waals surface area contributed by atoms with Crippen LogP contribution in [-0.4, -0.2) is 20.4 Å². The molecule has 144 valence electrons. The summed E-state index contributed by atoms with van der Waals surface area (Å²) in [6, 6.07) is 13.4. The monoisotopic (exact) mass is 429 g/mol. The second kappa shape index (κ2) is 10.2. The average molecular weight is 430 g/mol. The summed E-state index contributed by atoms with van der Waals surface area (Å²) in [4.78, 5) is 10.9. The van der Waals surface area contributed by atoms with Crippen LogP contribution < -0.4 is 39.4 Å². The molecule has 1 N–H and O–H groups in total. The Morgan fingerprint density at radius 2 is 1.64 bits per heavy atom. The summed E-state index contributed by atoms with van der Waals surface area (Å²) < 4.78 is 28.1. The summed E-state index contributed by atoms with van der Waals surface area (Å²) in [5, 5.41) is 11.2. The molecule has 1 fully saturated rings. The van der Waals surface area contributed by atoms with E-state index in [-0.39, 0.29) is 52.8 Å². The quantitative estimate of drug-likeness (QED) is 0.591. The summed E-state index contributed by atoms with van der Waals surface area (Å²) in [6.07, 6.45) is 3.38. The maximum atomic E-state index is 12.6. The minimum atomic E-state index is -3.59. The number of carboxylic acid groups (broad SMARTS) is 1. The molecule has 0 saturated heterocycles. The summed E-state index contributed by atoms with van der Waals surface area (Å²) in [7, 11) is -3.59. The van der Waals surface area contributed by atoms with E-state index in [0.29, 0.717) is 10.6 Å². The summed E-state index contributed by atoms with van der Waals surface area (Å²) in [6.45, 7) is 0. The Morgan fingerprint density at radius 1 is 1.04 bits per heavy atom. The SMILES string of the molecule is O=C([O-])Cc1ccc(C[C@@H]2CCC[C@H]2NS(=O)(=O)c2ccc(Cl)cc2)cc1.[Na+]. The van der Waals surface area contributed by atoms with E-state index in [1.165, 1.54) is 12.1 Å². The molecule has 0 spiro atoms. The Hall–Kier alpha value is -0.890. The van der Waals surface area contributed by atoms with Gasteiger partial charge in [-0.1, -0.05) is 42.3 Å². The Morgan fingerprint density at radius 3 is 2.25 bits per heavy atom. The Kier molecular flexibility index (Phi) is 8.55. The number of aliphatic carboxylic acids is 1. The molecule has 1 aliphatic rings. The van der Waals surface area contributed by atoms with E-state index in [0.717, 1.165) is 31.2 Å². The van der Waals surface area contributed by atoms with Crippen molar-refractivity contribution >= 4 is 27.6 Å². The first kappa shape index (κ1) is 23.4. The van der Waals surface area contributed by atoms with Crippen LogP contribution in [0.2, 0.25) is 5.02 Å². The molecule has 8 heteroatoms. The second-order valence-corrected chi connectivity index (χ2v) is 9.09. The van der Waals surface area contributed by atoms with Crippen molar-refractivity contribution in [3.05, 3.63) is 64.7 Å². The summed E-state index contributed by atoms with van der Waals surface area (Å²) in [5.41, 5.74) is 1.77. The molecule has 2 aromatic carbocycles. The number of benzene rings is 2. The molecule has 0 heterocycles. The molecule has 0 aliphatic heterocycles. The van der Waals surface area contributed by atoms with Crippen LogP contribution in [0.3, 0.4) is 0 Å². The second-order valence-electron chi connectivity index (χ2n) is 6.94. The topological polar surface area (TPSA) is 86.3 Å². The number of nitrogens with one attached hydrogen (secondary N) is 1. The van der Waals surface area contributed by atoms with E-state index in [9.17, 15) is 18.3 Å². The van der Waals surface area contributed by atoms with Crippen LogP contribution in [0.25, 0.3) is 0 Å². The average Bonchev–Trinajstić information content (AvgIpc) is 3.02. The third-order valence-corrected chi connectivity index (χ3v) is 6.72. The van der Waals surface area contributed by atoms with Gasteiger partial charge in [0.15, 0.2) is 0 Å². The molecule has 2 atom stereocenters. The van der Waals surface area contributed by atoms with Crippen molar-refractivity contribution in [3.8, 4) is 0 Å². The van der Waals surface area contributed by atoms with E-state index >= 15 is 0 Å². The van der Waals surface area contributed by atoms with Gasteiger partial charge < -0.3 is 9.90 Å². The molecule has 0 unspecified atom stereocenters. The Labute approximate surface area is 192 Å². The van der Waals surface area contributed by atoms with Gasteiger partial charge >= 0.3 is 29.6 Å². The number of hydrogen-bond acceptors (Lipinski definition) is 4. The van der Waals surface area contributed by atoms with Gasteiger partial charge in [0.05, 0.1) is 4.90 Å². The van der Waals surface area contributed by atoms with Gasteiger partial charge in [0.1, 0.15) is 0 Å². The zero-order valence-electron chi connectivity index (χ0n) is 15.7. The molecule has 28 heavy (non-hydrogen) atoms. The van der Waals surface area contributed by atoms with Crippen LogP contribution in [0.1, 0.15) is 30.4 Å². The van der Waals surface area contributed by atoms with Crippen molar-refractivity contribution in [1.29, 1.82) is 0 Å². The molecule has 0 aromatic heterocycles. The van der Waals surface area contributed by atoms with Crippen LogP contribution in [0.4, 0.5) is 0 Å². The van der Waals surface area contributed by atoms with Crippen LogP contribution in [0, 0.1) is 5.92 Å². The Bertz CT molecular complexity index is 901. The fraction of sp³-hybridized carbons (Fsp3) is 0.350. The van der Waals surface area contributed by atoms with Gasteiger partial charge in [0.2, 0.25) is 10.0 Å². The number of rotatable bonds is 7. The van der Waals surface area contributed by atoms with Crippen molar-refractivity contribution in [2.45, 2.75) is 43.0 Å². The first-order valence-electron chi connectivity index (χ1n) is 8.89. The van der Waals surface area contributed by atoms with Crippen molar-refractivity contribution in [2.24, 2.45) is 5.92 Å². The molecule has 0 bridgehead atoms. The molecule has 0 amide bonds. The van der Waals surface area contributed by atoms with Crippen molar-refractivity contribution in [1.82, 2.24) is 4.72 Å². The molecule has 1 aliphatic carbocycles. The predicted octanol–water partition coefficient (Wildman–Crippen LogP) is -0.674. The molecule has 3 rings (SSSR count). The third kappa shape index (κ3) is 6.31. The number of halogens is 1. The minimum absolute atomic E-state index is 0. The fourth-order valence-corrected chi connectivity index (χ4v) is 5.05. The van der Waals surface area contributed by atoms with Gasteiger partial charge in [0.25, 0.3) is 0 Å². The first-order valence-corrected chi connectivity index (χ1v) is 10.8. The zero-order valence-corrected chi connectivity index (χ0v) is 19.3. The van der Waals surface area contributed by atoms with E-state index < -0.39 is 16.0 Å². The van der Waals surface area contributed by atoms with E-state index in [1.54, 1.807) is 24.3 Å². The molecule has 0 radical (unpaired) electrons. The standard InChI is InChI=1S/C20H22ClNO4S.Na/c21-17-8-10-18(11-9-17)27(25,26)22-19-3-1-2-16(19)12-14-4-6-15(7-5-14)13-20(23)24;/h4-11,16,19,22H,1-3,12-13H2,(H,23,24);/q;+1/p-1/t16-,19+;/m0./s1. The summed E-state index contributed by atoms with van der Waals surface area (Å²) in [5.74, 6) is -0.894. The Balaban J connectivity index is 0.00000280. The van der Waals surface area contributed by atoms with Gasteiger partial charge in [-0.2, -0.15) is 0 Å². The number of carboxylic acids is 1. The minimum Gasteiger partial charge on any atom is -0.550 e. The number of carbonyl (C=O) groups is 1. The zero-order chi connectivity index (χ0) is 19.4. The predicted molar refractivity (Wildman–Crippen MR) is 102 cm³/mol. The number of carbonyl (C=O) groups excluding carboxylic acids is 1.